The molecule has 0 fully saturated rings. The number of aliphatic hydroxyl groups is 1. The number of hydrogen-bond acceptors (Lipinski definition) is 13. The average molecular weight is 1220 g/mol. The second kappa shape index (κ2) is 36.9. The van der Waals surface area contributed by atoms with Crippen LogP contribution in [0.1, 0.15) is 156 Å². The molecular formula is C62H113N11O13. The minimum Gasteiger partial charge on any atom is -0.480 e. The molecule has 0 heterocycles. The molecule has 0 saturated carbocycles. The first-order valence-corrected chi connectivity index (χ1v) is 30.6. The smallest absolute Gasteiger partial charge is 0.325 e. The number of aliphatic hydroxyl groups excluding tert-OH is 1. The Morgan fingerprint density at radius 1 is 0.477 bits per heavy atom. The molecule has 24 heteroatoms. The van der Waals surface area contributed by atoms with Gasteiger partial charge in [0.1, 0.15) is 54.4 Å². The van der Waals surface area contributed by atoms with Crippen molar-refractivity contribution in [1.29, 1.82) is 0 Å². The maximum Gasteiger partial charge on any atom is 0.325 e. The molecule has 0 spiro atoms. The van der Waals surface area contributed by atoms with Gasteiger partial charge in [-0.3, -0.25) is 52.7 Å². The molecule has 0 rings (SSSR count). The van der Waals surface area contributed by atoms with Crippen molar-refractivity contribution >= 4 is 65.0 Å². The maximum atomic E-state index is 15.1. The van der Waals surface area contributed by atoms with Gasteiger partial charge in [0.15, 0.2) is 0 Å². The fourth-order valence-electron chi connectivity index (χ4n) is 10.3. The number of amides is 10. The number of carboxylic acid groups (broad SMARTS) is 1. The Kier molecular flexibility index (Phi) is 34.2. The molecule has 0 aliphatic heterocycles. The summed E-state index contributed by atoms with van der Waals surface area (Å²) < 4.78 is 0. The van der Waals surface area contributed by atoms with Gasteiger partial charge in [-0.25, -0.2) is 0 Å². The molecule has 0 aromatic heterocycles. The molecule has 494 valence electrons. The van der Waals surface area contributed by atoms with Gasteiger partial charge >= 0.3 is 5.97 Å². The Morgan fingerprint density at radius 3 is 1.29 bits per heavy atom. The van der Waals surface area contributed by atoms with Crippen molar-refractivity contribution in [3.8, 4) is 0 Å². The third-order valence-electron chi connectivity index (χ3n) is 15.7. The molecule has 0 aliphatic carbocycles. The Labute approximate surface area is 514 Å². The molecular weight excluding hydrogens is 1110 g/mol. The largest absolute Gasteiger partial charge is 0.480 e. The minimum absolute atomic E-state index is 0.00578. The minimum atomic E-state index is -1.62. The van der Waals surface area contributed by atoms with E-state index in [1.165, 1.54) is 87.7 Å². The zero-order valence-corrected chi connectivity index (χ0v) is 56.6. The average Bonchev–Trinajstić information content (AvgIpc) is 2.22. The summed E-state index contributed by atoms with van der Waals surface area (Å²) in [6, 6.07) is -11.7. The molecule has 86 heavy (non-hydrogen) atoms. The molecule has 0 saturated heterocycles. The van der Waals surface area contributed by atoms with E-state index in [0.717, 1.165) is 9.80 Å². The standard InChI is InChI=1S/C62H113N11O13/c1-25-27-28-40(15)52(75)51(73(24)61(84)50(39(13)14)72(23)59(82)47(32-37(9)10)71(22)58(81)46(31-36(7)8)70(21)56(79)41(16)63)55(78)65-43(26-2)57(80)67(18)33-48(74)68(19)44(29-34(3)4)54(77)66-49(38(11)12)60(83)69(20)45(30-35(5)6)53(76)64-42(17)62(85)86/h25,27,34-47,49-52,75H,26,28-33,63H2,1-24H3,(H,64,76)(H,65,78)(H,66,77)(H,85,86)/b27-25+/t40-,41-,42+,43+,44+,45+,46+,47+,49+,50+,51+,52-/m1/s1. The van der Waals surface area contributed by atoms with Gasteiger partial charge in [0.05, 0.1) is 18.7 Å². The lowest BCUT2D eigenvalue weighted by Crippen LogP contribution is -2.63. The Hall–Kier alpha value is -6.17. The molecule has 7 N–H and O–H groups in total. The summed E-state index contributed by atoms with van der Waals surface area (Å²) in [5.41, 5.74) is 5.95. The lowest BCUT2D eigenvalue weighted by atomic mass is 9.91. The molecule has 0 aromatic carbocycles. The van der Waals surface area contributed by atoms with Gasteiger partial charge in [0, 0.05) is 49.3 Å². The van der Waals surface area contributed by atoms with Crippen LogP contribution in [0.3, 0.4) is 0 Å². The van der Waals surface area contributed by atoms with E-state index in [1.807, 2.05) is 55.4 Å². The van der Waals surface area contributed by atoms with E-state index in [9.17, 15) is 58.2 Å². The normalized spacial score (nSPS) is 16.0. The van der Waals surface area contributed by atoms with E-state index in [1.54, 1.807) is 60.6 Å². The first-order chi connectivity index (χ1) is 39.5. The SMILES string of the molecule is C/C=C/C[C@@H](C)[C@@H](O)[C@@H](C(=O)N[C@@H](CC)C(=O)N(C)CC(=O)N(C)[C@@H](CC(C)C)C(=O)N[C@H](C(=O)N(C)[C@@H](CC(C)C)C(=O)N[C@@H](C)C(=O)O)C(C)C)N(C)C(=O)[C@H](C(C)C)N(C)C(=O)[C@H](CC(C)C)N(C)C(=O)[C@H](CC(C)C)N(C)C(=O)[C@@H](C)N. The fourth-order valence-corrected chi connectivity index (χ4v) is 10.3. The summed E-state index contributed by atoms with van der Waals surface area (Å²) >= 11 is 0. The van der Waals surface area contributed by atoms with E-state index in [4.69, 9.17) is 5.73 Å². The predicted molar refractivity (Wildman–Crippen MR) is 332 cm³/mol. The van der Waals surface area contributed by atoms with E-state index in [-0.39, 0.29) is 55.8 Å². The van der Waals surface area contributed by atoms with Gasteiger partial charge in [-0.05, 0) is 101 Å². The van der Waals surface area contributed by atoms with Crippen LogP contribution >= 0.6 is 0 Å². The first kappa shape index (κ1) is 79.8. The molecule has 0 radical (unpaired) electrons. The summed E-state index contributed by atoms with van der Waals surface area (Å²) in [7, 11) is 9.97. The molecule has 0 bridgehead atoms. The lowest BCUT2D eigenvalue weighted by Gasteiger charge is -2.41. The summed E-state index contributed by atoms with van der Waals surface area (Å²) in [4.78, 5) is 163. The van der Waals surface area contributed by atoms with Gasteiger partial charge in [0.2, 0.25) is 59.1 Å². The van der Waals surface area contributed by atoms with Crippen LogP contribution in [0, 0.1) is 41.4 Å². The van der Waals surface area contributed by atoms with Crippen LogP contribution in [-0.4, -0.2) is 232 Å². The van der Waals surface area contributed by atoms with Crippen molar-refractivity contribution in [2.45, 2.75) is 223 Å². The van der Waals surface area contributed by atoms with Crippen molar-refractivity contribution in [2.75, 3.05) is 55.9 Å². The van der Waals surface area contributed by atoms with Crippen LogP contribution in [0.25, 0.3) is 0 Å². The van der Waals surface area contributed by atoms with Crippen LogP contribution in [0.4, 0.5) is 0 Å². The zero-order valence-electron chi connectivity index (χ0n) is 56.6. The van der Waals surface area contributed by atoms with Crippen LogP contribution in [0.5, 0.6) is 0 Å². The van der Waals surface area contributed by atoms with E-state index < -0.39 is 156 Å². The Bertz CT molecular complexity index is 2310. The zero-order chi connectivity index (χ0) is 67.3. The second-order valence-corrected chi connectivity index (χ2v) is 26.0. The van der Waals surface area contributed by atoms with Crippen LogP contribution in [0.2, 0.25) is 0 Å². The number of nitrogens with one attached hydrogen (secondary N) is 3. The van der Waals surface area contributed by atoms with Gasteiger partial charge in [-0.2, -0.15) is 0 Å². The topological polar surface area (TPSA) is 313 Å². The van der Waals surface area contributed by atoms with Gasteiger partial charge in [-0.1, -0.05) is 109 Å². The molecule has 12 atom stereocenters. The highest BCUT2D eigenvalue weighted by molar-refractivity contribution is 5.98. The summed E-state index contributed by atoms with van der Waals surface area (Å²) in [6.07, 6.45) is 3.21. The number of carbonyl (C=O) groups is 11. The van der Waals surface area contributed by atoms with Crippen molar-refractivity contribution in [2.24, 2.45) is 47.2 Å². The monoisotopic (exact) mass is 1220 g/mol. The number of carbonyl (C=O) groups excluding carboxylic acids is 10. The lowest BCUT2D eigenvalue weighted by molar-refractivity contribution is -0.157. The summed E-state index contributed by atoms with van der Waals surface area (Å²) in [5.74, 6) is -9.70. The van der Waals surface area contributed by atoms with Crippen molar-refractivity contribution < 1.29 is 63.0 Å². The number of nitrogens with zero attached hydrogens (tertiary/aromatic N) is 7. The highest BCUT2D eigenvalue weighted by Crippen LogP contribution is 2.25. The van der Waals surface area contributed by atoms with E-state index in [0.29, 0.717) is 6.42 Å². The molecule has 0 aromatic rings. The van der Waals surface area contributed by atoms with Crippen LogP contribution in [0.15, 0.2) is 12.2 Å². The van der Waals surface area contributed by atoms with Gasteiger partial charge in [0.25, 0.3) is 0 Å². The summed E-state index contributed by atoms with van der Waals surface area (Å²) in [6.45, 7) is 29.3. The maximum absolute atomic E-state index is 15.1. The second-order valence-electron chi connectivity index (χ2n) is 26.0. The Morgan fingerprint density at radius 2 is 0.884 bits per heavy atom. The number of aliphatic carboxylic acids is 1. The molecule has 0 aliphatic rings. The Balaban J connectivity index is 7.12. The van der Waals surface area contributed by atoms with Crippen LogP contribution < -0.4 is 21.7 Å². The molecule has 0 unspecified atom stereocenters. The third-order valence-corrected chi connectivity index (χ3v) is 15.7. The van der Waals surface area contributed by atoms with Gasteiger partial charge in [-0.15, -0.1) is 0 Å². The highest BCUT2D eigenvalue weighted by atomic mass is 16.4. The van der Waals surface area contributed by atoms with Crippen LogP contribution in [-0.2, 0) is 52.7 Å². The quantitative estimate of drug-likeness (QED) is 0.0491. The first-order valence-electron chi connectivity index (χ1n) is 30.6. The van der Waals surface area contributed by atoms with Crippen molar-refractivity contribution in [3.05, 3.63) is 12.2 Å². The van der Waals surface area contributed by atoms with Gasteiger partial charge < -0.3 is 66.2 Å². The van der Waals surface area contributed by atoms with Crippen molar-refractivity contribution in [1.82, 2.24) is 50.2 Å². The summed E-state index contributed by atoms with van der Waals surface area (Å²) in [5, 5.41) is 29.5. The fraction of sp³-hybridized carbons (Fsp3) is 0.790. The van der Waals surface area contributed by atoms with E-state index >= 15 is 4.79 Å². The number of carboxylic acids is 1. The number of hydrogen-bond donors (Lipinski definition) is 6. The number of allylic oxidation sites excluding steroid dienone is 2. The number of nitrogens with two attached hydrogens (primary N) is 1. The van der Waals surface area contributed by atoms with Crippen molar-refractivity contribution in [3.63, 3.8) is 0 Å². The predicted octanol–water partition coefficient (Wildman–Crippen LogP) is 3.18. The molecule has 10 amide bonds. The molecule has 24 nitrogen and oxygen atoms in total. The highest BCUT2D eigenvalue weighted by Gasteiger charge is 2.45. The third kappa shape index (κ3) is 23.5. The number of likely N-dealkylation sites (N-methyl/N-ethyl adjacent to an activating group) is 7. The van der Waals surface area contributed by atoms with E-state index in [2.05, 4.69) is 16.0 Å². The number of rotatable bonds is 36.